The van der Waals surface area contributed by atoms with Crippen LogP contribution in [0.15, 0.2) is 35.2 Å². The average molecular weight is 286 g/mol. The summed E-state index contributed by atoms with van der Waals surface area (Å²) in [6, 6.07) is 6.50. The molecule has 7 heteroatoms. The first-order chi connectivity index (χ1) is 8.97. The molecule has 4 N–H and O–H groups in total. The third-order valence-electron chi connectivity index (χ3n) is 2.50. The number of carbonyl (C=O) groups excluding carboxylic acids is 1. The maximum Gasteiger partial charge on any atom is 0.341 e. The fourth-order valence-electron chi connectivity index (χ4n) is 1.43. The maximum absolute atomic E-state index is 11.8. The molecule has 1 atom stereocenters. The smallest absolute Gasteiger partial charge is 0.341 e. The van der Waals surface area contributed by atoms with Gasteiger partial charge in [0.1, 0.15) is 10.9 Å². The van der Waals surface area contributed by atoms with Gasteiger partial charge in [-0.3, -0.25) is 0 Å². The fraction of sp³-hybridized carbons (Fsp3) is 0.417. The molecule has 0 amide bonds. The van der Waals surface area contributed by atoms with Gasteiger partial charge in [-0.2, -0.15) is 8.42 Å². The zero-order valence-corrected chi connectivity index (χ0v) is 11.3. The molecule has 0 aliphatic heterocycles. The number of nitrogens with two attached hydrogens (primary N) is 2. The molecule has 0 unspecified atom stereocenters. The Balaban J connectivity index is 2.61. The van der Waals surface area contributed by atoms with Crippen LogP contribution in [0, 0.1) is 0 Å². The highest BCUT2D eigenvalue weighted by atomic mass is 32.2. The molecule has 0 aliphatic rings. The van der Waals surface area contributed by atoms with Crippen LogP contribution in [0.1, 0.15) is 19.3 Å². The van der Waals surface area contributed by atoms with Gasteiger partial charge in [0.25, 0.3) is 0 Å². The SMILES string of the molecule is NCCCC[C@H](N)C(=O)OS(=O)(=O)c1ccccc1. The standard InChI is InChI=1S/C12H18N2O4S/c13-9-5-4-8-11(14)12(15)18-19(16,17)10-6-2-1-3-7-10/h1-3,6-7,11H,4-5,8-9,13-14H2/t11-/m0/s1. The van der Waals surface area contributed by atoms with E-state index in [9.17, 15) is 13.2 Å². The van der Waals surface area contributed by atoms with Crippen molar-refractivity contribution < 1.29 is 17.4 Å². The topological polar surface area (TPSA) is 112 Å². The minimum atomic E-state index is -4.09. The van der Waals surface area contributed by atoms with Crippen molar-refractivity contribution in [3.8, 4) is 0 Å². The Morgan fingerprint density at radius 3 is 2.42 bits per heavy atom. The van der Waals surface area contributed by atoms with Crippen LogP contribution in [0.25, 0.3) is 0 Å². The van der Waals surface area contributed by atoms with Gasteiger partial charge < -0.3 is 15.7 Å². The van der Waals surface area contributed by atoms with Crippen LogP contribution in [-0.4, -0.2) is 27.0 Å². The van der Waals surface area contributed by atoms with E-state index in [4.69, 9.17) is 11.5 Å². The first-order valence-corrected chi connectivity index (χ1v) is 7.37. The van der Waals surface area contributed by atoms with Gasteiger partial charge in [-0.25, -0.2) is 4.79 Å². The van der Waals surface area contributed by atoms with Crippen molar-refractivity contribution in [2.45, 2.75) is 30.2 Å². The molecule has 0 aromatic heterocycles. The lowest BCUT2D eigenvalue weighted by Gasteiger charge is -2.11. The Kier molecular flexibility index (Phi) is 5.94. The summed E-state index contributed by atoms with van der Waals surface area (Å²) in [4.78, 5) is 11.5. The minimum absolute atomic E-state index is 0.0718. The second-order valence-electron chi connectivity index (χ2n) is 4.06. The average Bonchev–Trinajstić information content (AvgIpc) is 2.39. The van der Waals surface area contributed by atoms with Gasteiger partial charge >= 0.3 is 16.1 Å². The second kappa shape index (κ2) is 7.22. The summed E-state index contributed by atoms with van der Waals surface area (Å²) in [5.74, 6) is -0.944. The molecule has 19 heavy (non-hydrogen) atoms. The van der Waals surface area contributed by atoms with Gasteiger partial charge in [0.2, 0.25) is 0 Å². The van der Waals surface area contributed by atoms with Crippen molar-refractivity contribution in [2.75, 3.05) is 6.54 Å². The Hall–Kier alpha value is -1.44. The van der Waals surface area contributed by atoms with Gasteiger partial charge in [-0.15, -0.1) is 0 Å². The molecule has 0 bridgehead atoms. The fourth-order valence-corrected chi connectivity index (χ4v) is 2.36. The van der Waals surface area contributed by atoms with Crippen LogP contribution in [0.5, 0.6) is 0 Å². The Bertz CT molecular complexity index is 502. The molecule has 0 radical (unpaired) electrons. The molecule has 6 nitrogen and oxygen atoms in total. The van der Waals surface area contributed by atoms with E-state index in [0.717, 1.165) is 6.42 Å². The van der Waals surface area contributed by atoms with E-state index < -0.39 is 22.1 Å². The van der Waals surface area contributed by atoms with Crippen LogP contribution in [0.3, 0.4) is 0 Å². The molecule has 1 aromatic rings. The number of carbonyl (C=O) groups is 1. The third-order valence-corrected chi connectivity index (χ3v) is 3.73. The number of benzene rings is 1. The molecule has 0 spiro atoms. The van der Waals surface area contributed by atoms with Crippen molar-refractivity contribution in [3.63, 3.8) is 0 Å². The molecule has 0 saturated carbocycles. The quantitative estimate of drug-likeness (QED) is 0.553. The lowest BCUT2D eigenvalue weighted by Crippen LogP contribution is -2.33. The van der Waals surface area contributed by atoms with Crippen molar-refractivity contribution in [3.05, 3.63) is 30.3 Å². The van der Waals surface area contributed by atoms with Crippen LogP contribution >= 0.6 is 0 Å². The van der Waals surface area contributed by atoms with Crippen molar-refractivity contribution in [1.29, 1.82) is 0 Å². The summed E-state index contributed by atoms with van der Waals surface area (Å²) in [6.45, 7) is 0.504. The lowest BCUT2D eigenvalue weighted by molar-refractivity contribution is -0.135. The lowest BCUT2D eigenvalue weighted by atomic mass is 10.1. The third kappa shape index (κ3) is 4.98. The second-order valence-corrected chi connectivity index (χ2v) is 5.61. The Morgan fingerprint density at radius 2 is 1.84 bits per heavy atom. The monoisotopic (exact) mass is 286 g/mol. The largest absolute Gasteiger partial charge is 0.341 e. The zero-order chi connectivity index (χ0) is 14.3. The Morgan fingerprint density at radius 1 is 1.21 bits per heavy atom. The van der Waals surface area contributed by atoms with E-state index >= 15 is 0 Å². The maximum atomic E-state index is 11.8. The predicted molar refractivity (Wildman–Crippen MR) is 70.6 cm³/mol. The zero-order valence-electron chi connectivity index (χ0n) is 10.5. The van der Waals surface area contributed by atoms with Crippen LogP contribution in [0.2, 0.25) is 0 Å². The molecule has 0 aliphatic carbocycles. The van der Waals surface area contributed by atoms with Gasteiger partial charge in [-0.1, -0.05) is 24.6 Å². The van der Waals surface area contributed by atoms with Crippen LogP contribution in [-0.2, 0) is 19.1 Å². The minimum Gasteiger partial charge on any atom is -0.341 e. The molecule has 0 heterocycles. The van der Waals surface area contributed by atoms with Crippen molar-refractivity contribution in [1.82, 2.24) is 0 Å². The molecule has 106 valence electrons. The first kappa shape index (κ1) is 15.6. The number of rotatable bonds is 7. The van der Waals surface area contributed by atoms with E-state index in [1.165, 1.54) is 12.1 Å². The summed E-state index contributed by atoms with van der Waals surface area (Å²) in [5, 5.41) is 0. The number of hydrogen-bond donors (Lipinski definition) is 2. The molecular weight excluding hydrogens is 268 g/mol. The van der Waals surface area contributed by atoms with E-state index in [2.05, 4.69) is 4.18 Å². The number of hydrogen-bond acceptors (Lipinski definition) is 6. The molecular formula is C12H18N2O4S. The first-order valence-electron chi connectivity index (χ1n) is 5.96. The van der Waals surface area contributed by atoms with Crippen LogP contribution < -0.4 is 11.5 Å². The highest BCUT2D eigenvalue weighted by molar-refractivity contribution is 7.87. The molecule has 1 aromatic carbocycles. The summed E-state index contributed by atoms with van der Waals surface area (Å²) < 4.78 is 28.0. The number of unbranched alkanes of at least 4 members (excludes halogenated alkanes) is 1. The van der Waals surface area contributed by atoms with Crippen LogP contribution in [0.4, 0.5) is 0 Å². The summed E-state index contributed by atoms with van der Waals surface area (Å²) in [5.41, 5.74) is 10.9. The Labute approximate surface area is 112 Å². The predicted octanol–water partition coefficient (Wildman–Crippen LogP) is 0.375. The van der Waals surface area contributed by atoms with Crippen molar-refractivity contribution >= 4 is 16.1 Å². The molecule has 0 saturated heterocycles. The van der Waals surface area contributed by atoms with Gasteiger partial charge in [0.15, 0.2) is 0 Å². The normalized spacial score (nSPS) is 12.9. The van der Waals surface area contributed by atoms with Gasteiger partial charge in [-0.05, 0) is 31.5 Å². The summed E-state index contributed by atoms with van der Waals surface area (Å²) in [7, 11) is -4.09. The van der Waals surface area contributed by atoms with Crippen molar-refractivity contribution in [2.24, 2.45) is 11.5 Å². The van der Waals surface area contributed by atoms with Gasteiger partial charge in [0.05, 0.1) is 0 Å². The van der Waals surface area contributed by atoms with Gasteiger partial charge in [0, 0.05) is 0 Å². The highest BCUT2D eigenvalue weighted by Gasteiger charge is 2.24. The molecule has 0 fully saturated rings. The van der Waals surface area contributed by atoms with E-state index in [1.807, 2.05) is 0 Å². The van der Waals surface area contributed by atoms with E-state index in [-0.39, 0.29) is 4.90 Å². The summed E-state index contributed by atoms with van der Waals surface area (Å²) >= 11 is 0. The molecule has 1 rings (SSSR count). The van der Waals surface area contributed by atoms with E-state index in [1.54, 1.807) is 18.2 Å². The highest BCUT2D eigenvalue weighted by Crippen LogP contribution is 2.12. The van der Waals surface area contributed by atoms with E-state index in [0.29, 0.717) is 19.4 Å². The summed E-state index contributed by atoms with van der Waals surface area (Å²) in [6.07, 6.45) is 1.73.